The third-order valence-electron chi connectivity index (χ3n) is 3.14. The molecule has 96 valence electrons. The first kappa shape index (κ1) is 12.4. The van der Waals surface area contributed by atoms with E-state index >= 15 is 0 Å². The fourth-order valence-electron chi connectivity index (χ4n) is 2.24. The summed E-state index contributed by atoms with van der Waals surface area (Å²) in [6, 6.07) is 6.13. The van der Waals surface area contributed by atoms with Crippen LogP contribution in [0.3, 0.4) is 0 Å². The molecule has 0 spiro atoms. The molecule has 0 saturated carbocycles. The highest BCUT2D eigenvalue weighted by molar-refractivity contribution is 5.99. The lowest BCUT2D eigenvalue weighted by atomic mass is 10.1. The predicted octanol–water partition coefficient (Wildman–Crippen LogP) is 1.38. The van der Waals surface area contributed by atoms with Gasteiger partial charge in [0.1, 0.15) is 11.8 Å². The van der Waals surface area contributed by atoms with Crippen LogP contribution < -0.4 is 4.74 Å². The standard InChI is InChI=1S/C13H15NO4/c1-18-11-7-3-2-5-9(11)12(15)14-8-4-6-10(14)13(16)17/h2-3,5,7,10H,4,6,8H2,1H3,(H,16,17). The summed E-state index contributed by atoms with van der Waals surface area (Å²) >= 11 is 0. The van der Waals surface area contributed by atoms with Crippen molar-refractivity contribution in [2.75, 3.05) is 13.7 Å². The Morgan fingerprint density at radius 1 is 1.39 bits per heavy atom. The van der Waals surface area contributed by atoms with Gasteiger partial charge in [0.25, 0.3) is 5.91 Å². The van der Waals surface area contributed by atoms with E-state index in [0.29, 0.717) is 24.3 Å². The van der Waals surface area contributed by atoms with E-state index in [1.807, 2.05) is 0 Å². The molecule has 5 heteroatoms. The van der Waals surface area contributed by atoms with E-state index in [0.717, 1.165) is 6.42 Å². The number of aliphatic carboxylic acids is 1. The number of methoxy groups -OCH3 is 1. The van der Waals surface area contributed by atoms with E-state index in [-0.39, 0.29) is 5.91 Å². The van der Waals surface area contributed by atoms with Crippen molar-refractivity contribution in [2.24, 2.45) is 0 Å². The van der Waals surface area contributed by atoms with Crippen LogP contribution in [-0.4, -0.2) is 41.6 Å². The second kappa shape index (κ2) is 5.08. The molecule has 1 atom stereocenters. The molecule has 5 nitrogen and oxygen atoms in total. The van der Waals surface area contributed by atoms with Crippen LogP contribution in [0, 0.1) is 0 Å². The van der Waals surface area contributed by atoms with Gasteiger partial charge in [-0.3, -0.25) is 4.79 Å². The van der Waals surface area contributed by atoms with E-state index in [1.165, 1.54) is 12.0 Å². The first-order valence-corrected chi connectivity index (χ1v) is 5.82. The summed E-state index contributed by atoms with van der Waals surface area (Å²) in [4.78, 5) is 24.8. The molecule has 0 radical (unpaired) electrons. The fraction of sp³-hybridized carbons (Fsp3) is 0.385. The van der Waals surface area contributed by atoms with Gasteiger partial charge in [-0.1, -0.05) is 12.1 Å². The number of nitrogens with zero attached hydrogens (tertiary/aromatic N) is 1. The average molecular weight is 249 g/mol. The lowest BCUT2D eigenvalue weighted by Gasteiger charge is -2.22. The Hall–Kier alpha value is -2.04. The van der Waals surface area contributed by atoms with E-state index < -0.39 is 12.0 Å². The number of likely N-dealkylation sites (tertiary alicyclic amines) is 1. The summed E-state index contributed by atoms with van der Waals surface area (Å²) < 4.78 is 5.13. The molecule has 1 N–H and O–H groups in total. The minimum atomic E-state index is -0.948. The molecule has 1 aliphatic heterocycles. The average Bonchev–Trinajstić information content (AvgIpc) is 2.87. The predicted molar refractivity (Wildman–Crippen MR) is 64.7 cm³/mol. The number of hydrogen-bond acceptors (Lipinski definition) is 3. The molecule has 0 aromatic heterocycles. The lowest BCUT2D eigenvalue weighted by Crippen LogP contribution is -2.40. The number of benzene rings is 1. The summed E-state index contributed by atoms with van der Waals surface area (Å²) in [7, 11) is 1.49. The van der Waals surface area contributed by atoms with Crippen molar-refractivity contribution < 1.29 is 19.4 Å². The van der Waals surface area contributed by atoms with Crippen molar-refractivity contribution in [3.8, 4) is 5.75 Å². The van der Waals surface area contributed by atoms with Crippen LogP contribution in [0.1, 0.15) is 23.2 Å². The first-order chi connectivity index (χ1) is 8.65. The maximum absolute atomic E-state index is 12.3. The number of ether oxygens (including phenoxy) is 1. The molecule has 1 aromatic carbocycles. The Bertz CT molecular complexity index is 472. The Morgan fingerprint density at radius 3 is 2.78 bits per heavy atom. The number of carboxylic acid groups (broad SMARTS) is 1. The number of carbonyl (C=O) groups excluding carboxylic acids is 1. The van der Waals surface area contributed by atoms with Crippen LogP contribution in [0.4, 0.5) is 0 Å². The number of carboxylic acids is 1. The van der Waals surface area contributed by atoms with Crippen LogP contribution in [0.15, 0.2) is 24.3 Å². The molecule has 0 bridgehead atoms. The molecule has 1 aromatic rings. The maximum atomic E-state index is 12.3. The zero-order valence-corrected chi connectivity index (χ0v) is 10.1. The minimum absolute atomic E-state index is 0.280. The number of hydrogen-bond donors (Lipinski definition) is 1. The normalized spacial score (nSPS) is 18.7. The van der Waals surface area contributed by atoms with E-state index in [4.69, 9.17) is 9.84 Å². The lowest BCUT2D eigenvalue weighted by molar-refractivity contribution is -0.141. The van der Waals surface area contributed by atoms with Gasteiger partial charge in [0, 0.05) is 6.54 Å². The maximum Gasteiger partial charge on any atom is 0.326 e. The molecule has 1 heterocycles. The van der Waals surface area contributed by atoms with Crippen LogP contribution in [0.5, 0.6) is 5.75 Å². The van der Waals surface area contributed by atoms with Gasteiger partial charge in [-0.2, -0.15) is 0 Å². The summed E-state index contributed by atoms with van der Waals surface area (Å²) in [5.41, 5.74) is 0.410. The monoisotopic (exact) mass is 249 g/mol. The Kier molecular flexibility index (Phi) is 3.50. The molecule has 1 fully saturated rings. The van der Waals surface area contributed by atoms with Crippen LogP contribution >= 0.6 is 0 Å². The molecule has 1 aliphatic rings. The third kappa shape index (κ3) is 2.16. The van der Waals surface area contributed by atoms with Gasteiger partial charge in [0.05, 0.1) is 12.7 Å². The van der Waals surface area contributed by atoms with Crippen LogP contribution in [0.25, 0.3) is 0 Å². The molecular formula is C13H15NO4. The second-order valence-electron chi connectivity index (χ2n) is 4.20. The molecule has 1 amide bonds. The van der Waals surface area contributed by atoms with Gasteiger partial charge in [0.2, 0.25) is 0 Å². The molecule has 2 rings (SSSR count). The molecule has 1 unspecified atom stereocenters. The largest absolute Gasteiger partial charge is 0.496 e. The molecule has 18 heavy (non-hydrogen) atoms. The Morgan fingerprint density at radius 2 is 2.11 bits per heavy atom. The molecule has 1 saturated heterocycles. The molecule has 0 aliphatic carbocycles. The second-order valence-corrected chi connectivity index (χ2v) is 4.20. The van der Waals surface area contributed by atoms with E-state index in [1.54, 1.807) is 24.3 Å². The minimum Gasteiger partial charge on any atom is -0.496 e. The van der Waals surface area contributed by atoms with Crippen molar-refractivity contribution in [1.82, 2.24) is 4.90 Å². The van der Waals surface area contributed by atoms with Gasteiger partial charge in [-0.05, 0) is 25.0 Å². The quantitative estimate of drug-likeness (QED) is 0.879. The van der Waals surface area contributed by atoms with Crippen molar-refractivity contribution in [3.05, 3.63) is 29.8 Å². The Labute approximate surface area is 105 Å². The fourth-order valence-corrected chi connectivity index (χ4v) is 2.24. The summed E-state index contributed by atoms with van der Waals surface area (Å²) in [5.74, 6) is -0.758. The number of para-hydroxylation sites is 1. The highest BCUT2D eigenvalue weighted by atomic mass is 16.5. The number of amides is 1. The van der Waals surface area contributed by atoms with Crippen molar-refractivity contribution in [2.45, 2.75) is 18.9 Å². The smallest absolute Gasteiger partial charge is 0.326 e. The van der Waals surface area contributed by atoms with Gasteiger partial charge in [-0.25, -0.2) is 4.79 Å². The first-order valence-electron chi connectivity index (χ1n) is 5.82. The highest BCUT2D eigenvalue weighted by Crippen LogP contribution is 2.24. The van der Waals surface area contributed by atoms with Crippen molar-refractivity contribution in [3.63, 3.8) is 0 Å². The van der Waals surface area contributed by atoms with E-state index in [2.05, 4.69) is 0 Å². The third-order valence-corrected chi connectivity index (χ3v) is 3.14. The zero-order chi connectivity index (χ0) is 13.1. The number of rotatable bonds is 3. The molecular weight excluding hydrogens is 234 g/mol. The van der Waals surface area contributed by atoms with Gasteiger partial charge < -0.3 is 14.7 Å². The highest BCUT2D eigenvalue weighted by Gasteiger charge is 2.35. The van der Waals surface area contributed by atoms with Gasteiger partial charge in [-0.15, -0.1) is 0 Å². The van der Waals surface area contributed by atoms with Gasteiger partial charge >= 0.3 is 5.97 Å². The van der Waals surface area contributed by atoms with Gasteiger partial charge in [0.15, 0.2) is 0 Å². The van der Waals surface area contributed by atoms with Crippen molar-refractivity contribution >= 4 is 11.9 Å². The van der Waals surface area contributed by atoms with E-state index in [9.17, 15) is 9.59 Å². The summed E-state index contributed by atoms with van der Waals surface area (Å²) in [5, 5.41) is 9.08. The van der Waals surface area contributed by atoms with Crippen LogP contribution in [0.2, 0.25) is 0 Å². The van der Waals surface area contributed by atoms with Crippen LogP contribution in [-0.2, 0) is 4.79 Å². The Balaban J connectivity index is 2.28. The van der Waals surface area contributed by atoms with Crippen molar-refractivity contribution in [1.29, 1.82) is 0 Å². The topological polar surface area (TPSA) is 66.8 Å². The summed E-state index contributed by atoms with van der Waals surface area (Å²) in [6.45, 7) is 0.480. The SMILES string of the molecule is COc1ccccc1C(=O)N1CCCC1C(=O)O. The zero-order valence-electron chi connectivity index (χ0n) is 10.1. The summed E-state index contributed by atoms with van der Waals surface area (Å²) in [6.07, 6.45) is 1.23. The number of carbonyl (C=O) groups is 2.